The zero-order chi connectivity index (χ0) is 16.2. The zero-order valence-corrected chi connectivity index (χ0v) is 12.6. The van der Waals surface area contributed by atoms with E-state index in [2.05, 4.69) is 22.1 Å². The van der Waals surface area contributed by atoms with Crippen LogP contribution in [0.3, 0.4) is 0 Å². The highest BCUT2D eigenvalue weighted by Crippen LogP contribution is 2.23. The summed E-state index contributed by atoms with van der Waals surface area (Å²) >= 11 is 0. The van der Waals surface area contributed by atoms with Gasteiger partial charge in [0.2, 0.25) is 11.4 Å². The van der Waals surface area contributed by atoms with Crippen molar-refractivity contribution in [2.45, 2.75) is 32.2 Å². The van der Waals surface area contributed by atoms with Gasteiger partial charge in [-0.25, -0.2) is 4.79 Å². The first-order chi connectivity index (χ1) is 10.5. The van der Waals surface area contributed by atoms with Crippen molar-refractivity contribution in [1.82, 2.24) is 10.3 Å². The molecule has 0 radical (unpaired) electrons. The zero-order valence-electron chi connectivity index (χ0n) is 12.6. The second-order valence-electron chi connectivity index (χ2n) is 5.08. The van der Waals surface area contributed by atoms with E-state index in [1.165, 1.54) is 6.92 Å². The Kier molecular flexibility index (Phi) is 4.52. The summed E-state index contributed by atoms with van der Waals surface area (Å²) in [6, 6.07) is 7.61. The molecule has 0 saturated carbocycles. The third-order valence-electron chi connectivity index (χ3n) is 3.36. The molecular formula is C17H18N2O3. The average Bonchev–Trinajstić information content (AvgIpc) is 2.87. The fourth-order valence-electron chi connectivity index (χ4n) is 2.41. The van der Waals surface area contributed by atoms with Gasteiger partial charge in [-0.3, -0.25) is 4.79 Å². The van der Waals surface area contributed by atoms with Gasteiger partial charge in [0.25, 0.3) is 0 Å². The van der Waals surface area contributed by atoms with E-state index < -0.39 is 17.4 Å². The van der Waals surface area contributed by atoms with Crippen molar-refractivity contribution < 1.29 is 14.7 Å². The van der Waals surface area contributed by atoms with E-state index in [0.29, 0.717) is 6.42 Å². The molecule has 114 valence electrons. The van der Waals surface area contributed by atoms with Gasteiger partial charge >= 0.3 is 5.97 Å². The highest BCUT2D eigenvalue weighted by atomic mass is 16.4. The Hall–Kier alpha value is -2.74. The Morgan fingerprint density at radius 3 is 2.73 bits per heavy atom. The standard InChI is InChI=1S/C17H18N2O3/c1-3-4-9-17(16(21)22,19-12(2)20)10-13-11-18-15-8-6-5-7-14(13)15/h5-8,11,18H,3,10H2,1-2H3,(H,19,20)(H,21,22). The van der Waals surface area contributed by atoms with Crippen molar-refractivity contribution in [1.29, 1.82) is 0 Å². The predicted octanol–water partition coefficient (Wildman–Crippen LogP) is 2.08. The summed E-state index contributed by atoms with van der Waals surface area (Å²) in [7, 11) is 0. The highest BCUT2D eigenvalue weighted by Gasteiger charge is 2.38. The quantitative estimate of drug-likeness (QED) is 0.756. The Morgan fingerprint density at radius 2 is 2.09 bits per heavy atom. The van der Waals surface area contributed by atoms with Gasteiger partial charge in [-0.15, -0.1) is 5.92 Å². The Morgan fingerprint density at radius 1 is 1.36 bits per heavy atom. The van der Waals surface area contributed by atoms with E-state index in [1.54, 1.807) is 6.20 Å². The largest absolute Gasteiger partial charge is 0.479 e. The molecule has 5 heteroatoms. The Balaban J connectivity index is 2.49. The summed E-state index contributed by atoms with van der Waals surface area (Å²) in [6.45, 7) is 3.12. The number of aliphatic carboxylic acids is 1. The molecule has 1 heterocycles. The number of nitrogens with one attached hydrogen (secondary N) is 2. The topological polar surface area (TPSA) is 82.2 Å². The smallest absolute Gasteiger partial charge is 0.342 e. The number of H-pyrrole nitrogens is 1. The van der Waals surface area contributed by atoms with Crippen molar-refractivity contribution in [3.8, 4) is 11.8 Å². The van der Waals surface area contributed by atoms with E-state index in [4.69, 9.17) is 0 Å². The van der Waals surface area contributed by atoms with Gasteiger partial charge in [-0.05, 0) is 11.6 Å². The van der Waals surface area contributed by atoms with Crippen LogP contribution in [0.2, 0.25) is 0 Å². The maximum Gasteiger partial charge on any atom is 0.342 e. The molecular weight excluding hydrogens is 280 g/mol. The molecule has 22 heavy (non-hydrogen) atoms. The van der Waals surface area contributed by atoms with Gasteiger partial charge < -0.3 is 15.4 Å². The van der Waals surface area contributed by atoms with Crippen LogP contribution in [0.5, 0.6) is 0 Å². The lowest BCUT2D eigenvalue weighted by atomic mass is 9.90. The minimum atomic E-state index is -1.62. The summed E-state index contributed by atoms with van der Waals surface area (Å²) in [6.07, 6.45) is 2.37. The van der Waals surface area contributed by atoms with E-state index in [9.17, 15) is 14.7 Å². The van der Waals surface area contributed by atoms with Gasteiger partial charge in [0, 0.05) is 36.9 Å². The number of hydrogen-bond donors (Lipinski definition) is 3. The second-order valence-corrected chi connectivity index (χ2v) is 5.08. The maximum absolute atomic E-state index is 11.8. The monoisotopic (exact) mass is 298 g/mol. The molecule has 0 aliphatic heterocycles. The lowest BCUT2D eigenvalue weighted by Crippen LogP contribution is -2.54. The van der Waals surface area contributed by atoms with Crippen molar-refractivity contribution in [3.63, 3.8) is 0 Å². The number of carbonyl (C=O) groups is 2. The number of fused-ring (bicyclic) bond motifs is 1. The second kappa shape index (κ2) is 6.35. The SMILES string of the molecule is CCC#CC(Cc1c[nH]c2ccccc12)(NC(C)=O)C(=O)O. The minimum absolute atomic E-state index is 0.0962. The van der Waals surface area contributed by atoms with E-state index in [0.717, 1.165) is 16.5 Å². The van der Waals surface area contributed by atoms with Crippen LogP contribution in [0.25, 0.3) is 10.9 Å². The number of carboxylic acids is 1. The number of amides is 1. The molecule has 3 N–H and O–H groups in total. The predicted molar refractivity (Wildman–Crippen MR) is 84.3 cm³/mol. The van der Waals surface area contributed by atoms with Crippen LogP contribution in [0.1, 0.15) is 25.8 Å². The lowest BCUT2D eigenvalue weighted by molar-refractivity contribution is -0.144. The molecule has 1 unspecified atom stereocenters. The van der Waals surface area contributed by atoms with E-state index in [1.807, 2.05) is 31.2 Å². The first-order valence-corrected chi connectivity index (χ1v) is 7.05. The lowest BCUT2D eigenvalue weighted by Gasteiger charge is -2.24. The van der Waals surface area contributed by atoms with Gasteiger partial charge in [0.15, 0.2) is 0 Å². The molecule has 0 saturated heterocycles. The summed E-state index contributed by atoms with van der Waals surface area (Å²) in [5.41, 5.74) is 0.104. The average molecular weight is 298 g/mol. The molecule has 0 bridgehead atoms. The van der Waals surface area contributed by atoms with Crippen LogP contribution >= 0.6 is 0 Å². The van der Waals surface area contributed by atoms with Gasteiger partial charge in [-0.2, -0.15) is 0 Å². The summed E-state index contributed by atoms with van der Waals surface area (Å²) in [4.78, 5) is 26.4. The fraction of sp³-hybridized carbons (Fsp3) is 0.294. The Labute approximate surface area is 128 Å². The molecule has 5 nitrogen and oxygen atoms in total. The van der Waals surface area contributed by atoms with Crippen molar-refractivity contribution in [3.05, 3.63) is 36.0 Å². The summed E-state index contributed by atoms with van der Waals surface area (Å²) in [5, 5.41) is 13.1. The molecule has 0 fully saturated rings. The van der Waals surface area contributed by atoms with Gasteiger partial charge in [-0.1, -0.05) is 31.0 Å². The maximum atomic E-state index is 11.8. The van der Waals surface area contributed by atoms with Crippen LogP contribution < -0.4 is 5.32 Å². The number of carboxylic acid groups (broad SMARTS) is 1. The highest BCUT2D eigenvalue weighted by molar-refractivity contribution is 5.91. The number of hydrogen-bond acceptors (Lipinski definition) is 2. The summed E-state index contributed by atoms with van der Waals surface area (Å²) in [5.74, 6) is 3.92. The third kappa shape index (κ3) is 3.12. The molecule has 1 amide bonds. The first-order valence-electron chi connectivity index (χ1n) is 7.05. The number of para-hydroxylation sites is 1. The van der Waals surface area contributed by atoms with Crippen LogP contribution in [0, 0.1) is 11.8 Å². The molecule has 1 atom stereocenters. The number of carbonyl (C=O) groups excluding carboxylic acids is 1. The summed E-state index contributed by atoms with van der Waals surface area (Å²) < 4.78 is 0. The first kappa shape index (κ1) is 15.6. The van der Waals surface area contributed by atoms with Crippen LogP contribution in [-0.4, -0.2) is 27.5 Å². The van der Waals surface area contributed by atoms with Gasteiger partial charge in [0.05, 0.1) is 0 Å². The molecule has 0 aliphatic carbocycles. The van der Waals surface area contributed by atoms with Gasteiger partial charge in [0.1, 0.15) is 0 Å². The van der Waals surface area contributed by atoms with Crippen LogP contribution in [0.4, 0.5) is 0 Å². The third-order valence-corrected chi connectivity index (χ3v) is 3.36. The molecule has 2 aromatic rings. The molecule has 2 rings (SSSR count). The van der Waals surface area contributed by atoms with Crippen molar-refractivity contribution >= 4 is 22.8 Å². The molecule has 1 aromatic heterocycles. The van der Waals surface area contributed by atoms with Crippen LogP contribution in [-0.2, 0) is 16.0 Å². The molecule has 0 aliphatic rings. The van der Waals surface area contributed by atoms with E-state index >= 15 is 0 Å². The number of aromatic amines is 1. The Bertz CT molecular complexity index is 767. The van der Waals surface area contributed by atoms with Crippen molar-refractivity contribution in [2.24, 2.45) is 0 Å². The normalized spacial score (nSPS) is 13.0. The van der Waals surface area contributed by atoms with E-state index in [-0.39, 0.29) is 6.42 Å². The van der Waals surface area contributed by atoms with Crippen molar-refractivity contribution in [2.75, 3.05) is 0 Å². The minimum Gasteiger partial charge on any atom is -0.479 e. The van der Waals surface area contributed by atoms with Crippen LogP contribution in [0.15, 0.2) is 30.5 Å². The number of aromatic nitrogens is 1. The fourth-order valence-corrected chi connectivity index (χ4v) is 2.41. The molecule has 1 aromatic carbocycles. The molecule has 0 spiro atoms. The number of benzene rings is 1. The number of rotatable bonds is 4.